The van der Waals surface area contributed by atoms with E-state index >= 15 is 0 Å². The van der Waals surface area contributed by atoms with Gasteiger partial charge in [0.2, 0.25) is 5.76 Å². The molecule has 2 heterocycles. The molecule has 0 fully saturated rings. The second-order valence-electron chi connectivity index (χ2n) is 6.69. The van der Waals surface area contributed by atoms with E-state index in [0.717, 1.165) is 18.1 Å². The summed E-state index contributed by atoms with van der Waals surface area (Å²) < 4.78 is 21.6. The van der Waals surface area contributed by atoms with Gasteiger partial charge < -0.3 is 18.6 Å². The SMILES string of the molecule is Cc1ccc2oc(C(=O)OCC(=O)c3ccc4c(c3)OCCCO4)cc(=O)c2c1. The Morgan fingerprint density at radius 1 is 1.00 bits per heavy atom. The van der Waals surface area contributed by atoms with Crippen LogP contribution in [0.15, 0.2) is 51.7 Å². The summed E-state index contributed by atoms with van der Waals surface area (Å²) in [6.45, 7) is 2.41. The Balaban J connectivity index is 1.47. The van der Waals surface area contributed by atoms with E-state index in [1.54, 1.807) is 36.4 Å². The molecule has 148 valence electrons. The third kappa shape index (κ3) is 3.99. The first-order chi connectivity index (χ1) is 14.0. The van der Waals surface area contributed by atoms with Gasteiger partial charge >= 0.3 is 5.97 Å². The van der Waals surface area contributed by atoms with E-state index in [1.165, 1.54) is 0 Å². The average molecular weight is 394 g/mol. The molecule has 0 saturated carbocycles. The predicted octanol–water partition coefficient (Wildman–Crippen LogP) is 3.30. The molecule has 7 heteroatoms. The number of hydrogen-bond donors (Lipinski definition) is 0. The highest BCUT2D eigenvalue weighted by Crippen LogP contribution is 2.30. The van der Waals surface area contributed by atoms with Crippen molar-refractivity contribution in [1.82, 2.24) is 0 Å². The largest absolute Gasteiger partial charge is 0.490 e. The van der Waals surface area contributed by atoms with Gasteiger partial charge in [0.05, 0.1) is 18.6 Å². The summed E-state index contributed by atoms with van der Waals surface area (Å²) in [6, 6.07) is 10.9. The van der Waals surface area contributed by atoms with Gasteiger partial charge in [0.15, 0.2) is 29.3 Å². The van der Waals surface area contributed by atoms with Crippen LogP contribution in [0.1, 0.15) is 32.9 Å². The Kier molecular flexibility index (Phi) is 5.03. The van der Waals surface area contributed by atoms with E-state index in [2.05, 4.69) is 0 Å². The molecule has 1 aliphatic heterocycles. The summed E-state index contributed by atoms with van der Waals surface area (Å²) >= 11 is 0. The number of hydrogen-bond acceptors (Lipinski definition) is 7. The molecule has 0 bridgehead atoms. The molecule has 0 spiro atoms. The fraction of sp³-hybridized carbons (Fsp3) is 0.227. The lowest BCUT2D eigenvalue weighted by atomic mass is 10.1. The van der Waals surface area contributed by atoms with Crippen LogP contribution in [-0.2, 0) is 4.74 Å². The monoisotopic (exact) mass is 394 g/mol. The van der Waals surface area contributed by atoms with E-state index in [-0.39, 0.29) is 16.8 Å². The summed E-state index contributed by atoms with van der Waals surface area (Å²) in [5, 5.41) is 0.379. The molecule has 0 saturated heterocycles. The van der Waals surface area contributed by atoms with Crippen molar-refractivity contribution >= 4 is 22.7 Å². The Hall–Kier alpha value is -3.61. The van der Waals surface area contributed by atoms with Crippen molar-refractivity contribution in [3.63, 3.8) is 0 Å². The van der Waals surface area contributed by atoms with Crippen molar-refractivity contribution in [2.24, 2.45) is 0 Å². The lowest BCUT2D eigenvalue weighted by molar-refractivity contribution is 0.0444. The lowest BCUT2D eigenvalue weighted by Gasteiger charge is -2.09. The fourth-order valence-corrected chi connectivity index (χ4v) is 2.99. The molecule has 2 aromatic carbocycles. The predicted molar refractivity (Wildman–Crippen MR) is 104 cm³/mol. The van der Waals surface area contributed by atoms with Gasteiger partial charge in [0.1, 0.15) is 5.58 Å². The number of aryl methyl sites for hydroxylation is 1. The van der Waals surface area contributed by atoms with Crippen LogP contribution >= 0.6 is 0 Å². The van der Waals surface area contributed by atoms with Gasteiger partial charge in [0.25, 0.3) is 0 Å². The first-order valence-corrected chi connectivity index (χ1v) is 9.16. The number of ether oxygens (including phenoxy) is 3. The van der Waals surface area contributed by atoms with Crippen molar-refractivity contribution in [3.05, 3.63) is 69.6 Å². The van der Waals surface area contributed by atoms with Gasteiger partial charge in [-0.2, -0.15) is 0 Å². The van der Waals surface area contributed by atoms with E-state index in [9.17, 15) is 14.4 Å². The van der Waals surface area contributed by atoms with Crippen molar-refractivity contribution in [2.75, 3.05) is 19.8 Å². The number of benzene rings is 2. The van der Waals surface area contributed by atoms with Crippen LogP contribution in [-0.4, -0.2) is 31.6 Å². The summed E-state index contributed by atoms with van der Waals surface area (Å²) in [5.41, 5.74) is 1.17. The maximum absolute atomic E-state index is 12.4. The summed E-state index contributed by atoms with van der Waals surface area (Å²) in [6.07, 6.45) is 0.756. The van der Waals surface area contributed by atoms with Crippen molar-refractivity contribution < 1.29 is 28.2 Å². The molecule has 1 aromatic heterocycles. The number of ketones is 1. The molecule has 4 rings (SSSR count). The number of fused-ring (bicyclic) bond motifs is 2. The van der Waals surface area contributed by atoms with Crippen LogP contribution in [0.5, 0.6) is 11.5 Å². The Bertz CT molecular complexity index is 1160. The molecule has 0 aliphatic carbocycles. The van der Waals surface area contributed by atoms with E-state index in [1.807, 2.05) is 6.92 Å². The minimum atomic E-state index is -0.882. The normalized spacial score (nSPS) is 13.0. The maximum atomic E-state index is 12.4. The first-order valence-electron chi connectivity index (χ1n) is 9.16. The molecule has 0 unspecified atom stereocenters. The van der Waals surface area contributed by atoms with Gasteiger partial charge in [-0.05, 0) is 37.3 Å². The summed E-state index contributed by atoms with van der Waals surface area (Å²) in [5.74, 6) is -0.488. The molecular formula is C22H18O7. The molecule has 7 nitrogen and oxygen atoms in total. The molecule has 0 radical (unpaired) electrons. The second kappa shape index (κ2) is 7.79. The van der Waals surface area contributed by atoms with E-state index in [0.29, 0.717) is 35.7 Å². The maximum Gasteiger partial charge on any atom is 0.374 e. The highest BCUT2D eigenvalue weighted by Gasteiger charge is 2.18. The van der Waals surface area contributed by atoms with Gasteiger partial charge in [-0.1, -0.05) is 11.6 Å². The lowest BCUT2D eigenvalue weighted by Crippen LogP contribution is -2.16. The molecule has 29 heavy (non-hydrogen) atoms. The van der Waals surface area contributed by atoms with E-state index in [4.69, 9.17) is 18.6 Å². The standard InChI is InChI=1S/C22H18O7/c1-13-3-5-18-15(9-13)16(23)11-21(29-18)22(25)28-12-17(24)14-4-6-19-20(10-14)27-8-2-7-26-19/h3-6,9-11H,2,7-8,12H2,1H3. The Morgan fingerprint density at radius 3 is 2.62 bits per heavy atom. The fourth-order valence-electron chi connectivity index (χ4n) is 2.99. The zero-order chi connectivity index (χ0) is 20.4. The zero-order valence-electron chi connectivity index (χ0n) is 15.7. The van der Waals surface area contributed by atoms with Crippen LogP contribution in [0.2, 0.25) is 0 Å². The summed E-state index contributed by atoms with van der Waals surface area (Å²) in [4.78, 5) is 36.9. The molecular weight excluding hydrogens is 376 g/mol. The van der Waals surface area contributed by atoms with Gasteiger partial charge in [0, 0.05) is 18.1 Å². The number of rotatable bonds is 4. The third-order valence-electron chi connectivity index (χ3n) is 4.49. The number of Topliss-reactive ketones (excluding diaryl/α,β-unsaturated/α-hetero) is 1. The molecule has 0 N–H and O–H groups in total. The number of carbonyl (C=O) groups is 2. The molecule has 0 amide bonds. The van der Waals surface area contributed by atoms with Crippen molar-refractivity contribution in [2.45, 2.75) is 13.3 Å². The quantitative estimate of drug-likeness (QED) is 0.495. The zero-order valence-corrected chi connectivity index (χ0v) is 15.7. The molecule has 0 atom stereocenters. The topological polar surface area (TPSA) is 92.0 Å². The first kappa shape index (κ1) is 18.7. The minimum absolute atomic E-state index is 0.252. The van der Waals surface area contributed by atoms with Crippen LogP contribution < -0.4 is 14.9 Å². The number of carbonyl (C=O) groups excluding carboxylic acids is 2. The Labute approximate surface area is 165 Å². The molecule has 1 aliphatic rings. The van der Waals surface area contributed by atoms with Crippen molar-refractivity contribution in [3.8, 4) is 11.5 Å². The van der Waals surface area contributed by atoms with Crippen LogP contribution in [0.4, 0.5) is 0 Å². The van der Waals surface area contributed by atoms with Gasteiger partial charge in [-0.3, -0.25) is 9.59 Å². The summed E-state index contributed by atoms with van der Waals surface area (Å²) in [7, 11) is 0. The smallest absolute Gasteiger partial charge is 0.374 e. The van der Waals surface area contributed by atoms with Crippen LogP contribution in [0.3, 0.4) is 0 Å². The van der Waals surface area contributed by atoms with Gasteiger partial charge in [-0.15, -0.1) is 0 Å². The third-order valence-corrected chi connectivity index (χ3v) is 4.49. The minimum Gasteiger partial charge on any atom is -0.490 e. The highest BCUT2D eigenvalue weighted by atomic mass is 16.5. The van der Waals surface area contributed by atoms with E-state index < -0.39 is 18.4 Å². The Morgan fingerprint density at radius 2 is 1.79 bits per heavy atom. The highest BCUT2D eigenvalue weighted by molar-refractivity contribution is 5.99. The average Bonchev–Trinajstić information content (AvgIpc) is 2.97. The second-order valence-corrected chi connectivity index (χ2v) is 6.69. The van der Waals surface area contributed by atoms with Gasteiger partial charge in [-0.25, -0.2) is 4.79 Å². The van der Waals surface area contributed by atoms with Crippen molar-refractivity contribution in [1.29, 1.82) is 0 Å². The van der Waals surface area contributed by atoms with Crippen LogP contribution in [0, 0.1) is 6.92 Å². The molecule has 3 aromatic rings. The van der Waals surface area contributed by atoms with Crippen LogP contribution in [0.25, 0.3) is 11.0 Å². The number of esters is 1.